The Morgan fingerprint density at radius 2 is 1.96 bits per heavy atom. The molecule has 1 aromatic heterocycles. The second-order valence-electron chi connectivity index (χ2n) is 5.70. The number of pyridine rings is 1. The van der Waals surface area contributed by atoms with Gasteiger partial charge in [-0.2, -0.15) is 8.42 Å². The highest BCUT2D eigenvalue weighted by Gasteiger charge is 2.27. The Morgan fingerprint density at radius 3 is 2.64 bits per heavy atom. The van der Waals surface area contributed by atoms with Crippen molar-refractivity contribution in [3.63, 3.8) is 0 Å². The molecule has 2 heterocycles. The smallest absolute Gasteiger partial charge is 0.324 e. The van der Waals surface area contributed by atoms with Crippen LogP contribution in [-0.4, -0.2) is 62.8 Å². The Bertz CT molecular complexity index is 814. The Hall–Kier alpha value is -2.46. The Morgan fingerprint density at radius 1 is 1.28 bits per heavy atom. The number of aliphatic hydroxyl groups is 1. The summed E-state index contributed by atoms with van der Waals surface area (Å²) in [6.45, 7) is 0.680. The molecule has 0 spiro atoms. The molecule has 1 fully saturated rings. The van der Waals surface area contributed by atoms with Gasteiger partial charge in [0.1, 0.15) is 5.76 Å². The summed E-state index contributed by atoms with van der Waals surface area (Å²) in [5.74, 6) is 0.216. The van der Waals surface area contributed by atoms with Crippen LogP contribution in [0, 0.1) is 0 Å². The van der Waals surface area contributed by atoms with Crippen molar-refractivity contribution in [2.45, 2.75) is 13.0 Å². The van der Waals surface area contributed by atoms with Crippen LogP contribution in [0.2, 0.25) is 0 Å². The third kappa shape index (κ3) is 5.84. The fourth-order valence-corrected chi connectivity index (χ4v) is 3.05. The van der Waals surface area contributed by atoms with Crippen molar-refractivity contribution >= 4 is 21.9 Å². The standard InChI is InChI=1S/C15H22N6O3S/c1-16-14-15(20-25(23,24)19-14)17-9-13(22)8-7-11-5-4-6-12(18-11)10-21(2)3/h4-6,8,22H,7,9-10H2,1-3H3,(H,16,19)(H,17,20)/b13-8+. The largest absolute Gasteiger partial charge is 0.511 e. The monoisotopic (exact) mass is 366 g/mol. The van der Waals surface area contributed by atoms with Crippen molar-refractivity contribution in [2.24, 2.45) is 9.98 Å². The van der Waals surface area contributed by atoms with Crippen molar-refractivity contribution in [2.75, 3.05) is 27.7 Å². The Labute approximate surface area is 147 Å². The van der Waals surface area contributed by atoms with E-state index in [-0.39, 0.29) is 24.0 Å². The summed E-state index contributed by atoms with van der Waals surface area (Å²) in [7, 11) is 1.74. The van der Waals surface area contributed by atoms with Gasteiger partial charge >= 0.3 is 10.2 Å². The first-order valence-corrected chi connectivity index (χ1v) is 9.07. The molecule has 0 saturated carbocycles. The van der Waals surface area contributed by atoms with E-state index in [9.17, 15) is 13.5 Å². The van der Waals surface area contributed by atoms with E-state index in [2.05, 4.69) is 24.4 Å². The number of aromatic nitrogens is 1. The maximum atomic E-state index is 11.4. The van der Waals surface area contributed by atoms with E-state index in [0.29, 0.717) is 6.42 Å². The van der Waals surface area contributed by atoms with E-state index < -0.39 is 10.2 Å². The molecule has 0 aromatic carbocycles. The molecule has 9 nitrogen and oxygen atoms in total. The molecule has 0 radical (unpaired) electrons. The molecule has 25 heavy (non-hydrogen) atoms. The summed E-state index contributed by atoms with van der Waals surface area (Å²) in [6.07, 6.45) is 2.06. The molecular weight excluding hydrogens is 344 g/mol. The van der Waals surface area contributed by atoms with E-state index in [4.69, 9.17) is 0 Å². The van der Waals surface area contributed by atoms with Crippen molar-refractivity contribution in [3.8, 4) is 0 Å². The first-order chi connectivity index (χ1) is 11.8. The number of amidine groups is 2. The summed E-state index contributed by atoms with van der Waals surface area (Å²) < 4.78 is 27.2. The third-order valence-corrected chi connectivity index (χ3v) is 4.12. The van der Waals surface area contributed by atoms with Crippen LogP contribution in [0.3, 0.4) is 0 Å². The molecule has 0 unspecified atom stereocenters. The molecule has 0 amide bonds. The summed E-state index contributed by atoms with van der Waals surface area (Å²) in [6, 6.07) is 5.75. The van der Waals surface area contributed by atoms with Crippen molar-refractivity contribution in [3.05, 3.63) is 41.4 Å². The van der Waals surface area contributed by atoms with Crippen LogP contribution in [0.15, 0.2) is 40.0 Å². The highest BCUT2D eigenvalue weighted by Crippen LogP contribution is 2.05. The number of aliphatic imine (C=N–C) groups is 2. The highest BCUT2D eigenvalue weighted by molar-refractivity contribution is 7.89. The van der Waals surface area contributed by atoms with Crippen molar-refractivity contribution < 1.29 is 13.5 Å². The average Bonchev–Trinajstić information content (AvgIpc) is 2.85. The lowest BCUT2D eigenvalue weighted by Gasteiger charge is -2.09. The van der Waals surface area contributed by atoms with Gasteiger partial charge in [-0.25, -0.2) is 9.44 Å². The lowest BCUT2D eigenvalue weighted by Crippen LogP contribution is -2.24. The molecule has 10 heteroatoms. The molecular formula is C15H22N6O3S. The second-order valence-corrected chi connectivity index (χ2v) is 7.12. The van der Waals surface area contributed by atoms with Gasteiger partial charge in [-0.1, -0.05) is 6.07 Å². The average molecular weight is 366 g/mol. The zero-order valence-corrected chi connectivity index (χ0v) is 15.2. The fraction of sp³-hybridized carbons (Fsp3) is 0.400. The molecule has 1 saturated heterocycles. The van der Waals surface area contributed by atoms with E-state index in [1.54, 1.807) is 6.08 Å². The Kier molecular flexibility index (Phi) is 6.10. The van der Waals surface area contributed by atoms with Gasteiger partial charge in [-0.3, -0.25) is 15.0 Å². The lowest BCUT2D eigenvalue weighted by molar-refractivity contribution is 0.396. The lowest BCUT2D eigenvalue weighted by atomic mass is 10.2. The molecule has 1 aliphatic heterocycles. The van der Waals surface area contributed by atoms with Gasteiger partial charge in [0.2, 0.25) is 0 Å². The van der Waals surface area contributed by atoms with Crippen LogP contribution in [-0.2, 0) is 23.2 Å². The zero-order chi connectivity index (χ0) is 18.4. The molecule has 0 bridgehead atoms. The molecule has 136 valence electrons. The number of allylic oxidation sites excluding steroid dienone is 1. The molecule has 3 N–H and O–H groups in total. The van der Waals surface area contributed by atoms with E-state index >= 15 is 0 Å². The molecule has 2 rings (SSSR count). The summed E-state index contributed by atoms with van der Waals surface area (Å²) >= 11 is 0. The number of nitrogens with zero attached hydrogens (tertiary/aromatic N) is 4. The van der Waals surface area contributed by atoms with Crippen LogP contribution in [0.25, 0.3) is 0 Å². The number of aliphatic hydroxyl groups excluding tert-OH is 1. The predicted octanol–water partition coefficient (Wildman–Crippen LogP) is -0.00800. The molecule has 1 aliphatic rings. The minimum absolute atomic E-state index is 0.0221. The third-order valence-electron chi connectivity index (χ3n) is 3.20. The van der Waals surface area contributed by atoms with Gasteiger partial charge in [0.05, 0.1) is 12.2 Å². The first-order valence-electron chi connectivity index (χ1n) is 7.59. The maximum Gasteiger partial charge on any atom is 0.324 e. The van der Waals surface area contributed by atoms with Crippen LogP contribution < -0.4 is 9.44 Å². The van der Waals surface area contributed by atoms with Gasteiger partial charge < -0.3 is 10.0 Å². The summed E-state index contributed by atoms with van der Waals surface area (Å²) in [5, 5.41) is 9.96. The van der Waals surface area contributed by atoms with Gasteiger partial charge in [0, 0.05) is 25.7 Å². The number of hydrogen-bond donors (Lipinski definition) is 3. The van der Waals surface area contributed by atoms with E-state index in [0.717, 1.165) is 17.9 Å². The quantitative estimate of drug-likeness (QED) is 0.612. The SMILES string of the molecule is CN=C1NS(=O)(=O)NC1=NC/C(O)=C\Cc1cccc(CN(C)C)n1. The fourth-order valence-electron chi connectivity index (χ4n) is 2.14. The van der Waals surface area contributed by atoms with Crippen LogP contribution in [0.4, 0.5) is 0 Å². The van der Waals surface area contributed by atoms with E-state index in [1.807, 2.05) is 37.2 Å². The Balaban J connectivity index is 1.99. The van der Waals surface area contributed by atoms with Crippen molar-refractivity contribution in [1.82, 2.24) is 19.3 Å². The number of rotatable bonds is 6. The first kappa shape index (κ1) is 18.9. The predicted molar refractivity (Wildman–Crippen MR) is 96.9 cm³/mol. The van der Waals surface area contributed by atoms with Crippen LogP contribution >= 0.6 is 0 Å². The highest BCUT2D eigenvalue weighted by atomic mass is 32.2. The molecule has 0 atom stereocenters. The van der Waals surface area contributed by atoms with E-state index in [1.165, 1.54) is 7.05 Å². The number of nitrogens with one attached hydrogen (secondary N) is 2. The van der Waals surface area contributed by atoms with Gasteiger partial charge in [0.15, 0.2) is 11.7 Å². The van der Waals surface area contributed by atoms with Gasteiger partial charge in [-0.05, 0) is 32.3 Å². The minimum atomic E-state index is -3.65. The molecule has 0 aliphatic carbocycles. The van der Waals surface area contributed by atoms with Gasteiger partial charge in [-0.15, -0.1) is 0 Å². The maximum absolute atomic E-state index is 11.4. The molecule has 1 aromatic rings. The van der Waals surface area contributed by atoms with Gasteiger partial charge in [0.25, 0.3) is 0 Å². The zero-order valence-electron chi connectivity index (χ0n) is 14.4. The normalized spacial score (nSPS) is 20.1. The topological polar surface area (TPSA) is 119 Å². The second kappa shape index (κ2) is 8.08. The van der Waals surface area contributed by atoms with Crippen molar-refractivity contribution in [1.29, 1.82) is 0 Å². The summed E-state index contributed by atoms with van der Waals surface area (Å²) in [5.41, 5.74) is 1.78. The summed E-state index contributed by atoms with van der Waals surface area (Å²) in [4.78, 5) is 14.4. The van der Waals surface area contributed by atoms with Crippen LogP contribution in [0.1, 0.15) is 11.4 Å². The van der Waals surface area contributed by atoms with Crippen LogP contribution in [0.5, 0.6) is 0 Å². The number of hydrogen-bond acceptors (Lipinski definition) is 7. The minimum Gasteiger partial charge on any atom is -0.511 e.